The molecule has 284 valence electrons. The number of fused-ring (bicyclic) bond motifs is 6. The molecule has 0 spiro atoms. The van der Waals surface area contributed by atoms with Crippen LogP contribution in [0.15, 0.2) is 30.5 Å². The Labute approximate surface area is 307 Å². The maximum Gasteiger partial charge on any atom is 0.407 e. The van der Waals surface area contributed by atoms with E-state index in [1.807, 2.05) is 11.8 Å². The van der Waals surface area contributed by atoms with Crippen molar-refractivity contribution in [3.05, 3.63) is 47.7 Å². The molecule has 53 heavy (non-hydrogen) atoms. The van der Waals surface area contributed by atoms with Crippen molar-refractivity contribution in [2.75, 3.05) is 51.6 Å². The Kier molecular flexibility index (Phi) is 10.8. The summed E-state index contributed by atoms with van der Waals surface area (Å²) in [6, 6.07) is 6.02. The fraction of sp³-hybridized carbons (Fsp3) is 0.514. The van der Waals surface area contributed by atoms with Crippen molar-refractivity contribution in [3.8, 4) is 23.0 Å². The van der Waals surface area contributed by atoms with Gasteiger partial charge in [-0.25, -0.2) is 13.6 Å². The van der Waals surface area contributed by atoms with Crippen LogP contribution in [0.4, 0.5) is 19.4 Å². The molecule has 4 aromatic rings. The van der Waals surface area contributed by atoms with Crippen LogP contribution in [0.25, 0.3) is 32.9 Å². The molecule has 1 amide bonds. The van der Waals surface area contributed by atoms with Gasteiger partial charge in [-0.15, -0.1) is 0 Å². The van der Waals surface area contributed by atoms with E-state index >= 15 is 8.78 Å². The predicted octanol–water partition coefficient (Wildman–Crippen LogP) is 6.36. The largest absolute Gasteiger partial charge is 0.467 e. The summed E-state index contributed by atoms with van der Waals surface area (Å²) in [5.41, 5.74) is -0.490. The Hall–Kier alpha value is -4.01. The number of anilines is 1. The van der Waals surface area contributed by atoms with Crippen LogP contribution in [0.3, 0.4) is 0 Å². The standard InChI is InChI=1S/C37H45F2N6O7P/c1-4-11-37(13-7-14-44(37)3)21-50-34-41-32-27-19-40-31(30(32)39)26-18-24(51-22-52-53(47)48)17-23-9-10-28(38)25(29(23)26)8-5-16-49-35(46)43-36(2)12-6-15-45(20-36)33(27)42-34/h9-10,17-19,47-48H,4-8,11-16,20-22H2,1-3H3,(H,43,46). The molecule has 2 fully saturated rings. The summed E-state index contributed by atoms with van der Waals surface area (Å²) >= 11 is 0. The van der Waals surface area contributed by atoms with Crippen LogP contribution >= 0.6 is 8.60 Å². The van der Waals surface area contributed by atoms with E-state index in [1.54, 1.807) is 12.1 Å². The topological polar surface area (TPSA) is 152 Å². The molecule has 8 rings (SSSR count). The van der Waals surface area contributed by atoms with Gasteiger partial charge in [0.25, 0.3) is 0 Å². The number of aromatic nitrogens is 3. The minimum absolute atomic E-state index is 0.0183. The first-order chi connectivity index (χ1) is 25.5. The average molecular weight is 755 g/mol. The Balaban J connectivity index is 1.42. The van der Waals surface area contributed by atoms with Crippen molar-refractivity contribution < 1.29 is 42.1 Å². The van der Waals surface area contributed by atoms with Crippen LogP contribution in [-0.2, 0) is 15.7 Å². The van der Waals surface area contributed by atoms with E-state index in [4.69, 9.17) is 23.7 Å². The number of piperidine rings is 1. The number of ether oxygens (including phenoxy) is 3. The van der Waals surface area contributed by atoms with Gasteiger partial charge >= 0.3 is 20.7 Å². The van der Waals surface area contributed by atoms with Gasteiger partial charge in [-0.05, 0) is 100.0 Å². The third-order valence-electron chi connectivity index (χ3n) is 10.8. The van der Waals surface area contributed by atoms with Gasteiger partial charge in [0.05, 0.1) is 23.1 Å². The molecule has 2 aromatic heterocycles. The molecule has 0 radical (unpaired) electrons. The van der Waals surface area contributed by atoms with Crippen LogP contribution in [0.5, 0.6) is 11.8 Å². The van der Waals surface area contributed by atoms with Crippen molar-refractivity contribution in [1.29, 1.82) is 0 Å². The number of aryl methyl sites for hydroxylation is 1. The Morgan fingerprint density at radius 1 is 1.09 bits per heavy atom. The van der Waals surface area contributed by atoms with E-state index in [0.29, 0.717) is 60.9 Å². The molecule has 0 saturated carbocycles. The molecule has 3 N–H and O–H groups in total. The second-order valence-electron chi connectivity index (χ2n) is 14.5. The number of likely N-dealkylation sites (N-methyl/N-ethyl adjacent to an activating group) is 1. The van der Waals surface area contributed by atoms with Gasteiger partial charge < -0.3 is 34.2 Å². The van der Waals surface area contributed by atoms with Gasteiger partial charge in [0, 0.05) is 24.8 Å². The van der Waals surface area contributed by atoms with Gasteiger partial charge in [-0.3, -0.25) is 14.4 Å². The Morgan fingerprint density at radius 2 is 1.92 bits per heavy atom. The molecule has 4 aliphatic heterocycles. The smallest absolute Gasteiger partial charge is 0.407 e. The lowest BCUT2D eigenvalue weighted by Gasteiger charge is -2.41. The highest BCUT2D eigenvalue weighted by molar-refractivity contribution is 7.39. The lowest BCUT2D eigenvalue weighted by Crippen LogP contribution is -2.57. The summed E-state index contributed by atoms with van der Waals surface area (Å²) in [6.07, 6.45) is 6.71. The maximum atomic E-state index is 17.3. The highest BCUT2D eigenvalue weighted by atomic mass is 31.2. The summed E-state index contributed by atoms with van der Waals surface area (Å²) in [4.78, 5) is 50.1. The highest BCUT2D eigenvalue weighted by Crippen LogP contribution is 2.41. The van der Waals surface area contributed by atoms with Crippen molar-refractivity contribution in [3.63, 3.8) is 0 Å². The number of carbonyl (C=O) groups is 1. The number of benzene rings is 2. The monoisotopic (exact) mass is 754 g/mol. The average Bonchev–Trinajstić information content (AvgIpc) is 3.48. The van der Waals surface area contributed by atoms with Crippen LogP contribution < -0.4 is 19.7 Å². The molecule has 2 atom stereocenters. The fourth-order valence-corrected chi connectivity index (χ4v) is 8.33. The molecule has 6 heterocycles. The van der Waals surface area contributed by atoms with Crippen LogP contribution in [0.1, 0.15) is 64.4 Å². The summed E-state index contributed by atoms with van der Waals surface area (Å²) in [5, 5.41) is 4.30. The van der Waals surface area contributed by atoms with E-state index < -0.39 is 38.7 Å². The summed E-state index contributed by atoms with van der Waals surface area (Å²) in [5.74, 6) is -0.640. The maximum absolute atomic E-state index is 17.3. The third-order valence-corrected chi connectivity index (χ3v) is 11.1. The van der Waals surface area contributed by atoms with E-state index in [0.717, 1.165) is 32.2 Å². The van der Waals surface area contributed by atoms with E-state index in [1.165, 1.54) is 18.3 Å². The highest BCUT2D eigenvalue weighted by Gasteiger charge is 2.39. The van der Waals surface area contributed by atoms with Gasteiger partial charge in [-0.2, -0.15) is 9.97 Å². The molecule has 16 heteroatoms. The van der Waals surface area contributed by atoms with Gasteiger partial charge in [0.2, 0.25) is 0 Å². The quantitative estimate of drug-likeness (QED) is 0.129. The number of carbonyl (C=O) groups excluding carboxylic acids is 1. The normalized spacial score (nSPS) is 22.4. The number of likely N-dealkylation sites (tertiary alicyclic amines) is 1. The molecular formula is C37H45F2N6O7P. The lowest BCUT2D eigenvalue weighted by molar-refractivity contribution is 0.0828. The van der Waals surface area contributed by atoms with Crippen LogP contribution in [0, 0.1) is 11.6 Å². The van der Waals surface area contributed by atoms with Gasteiger partial charge in [0.1, 0.15) is 35.2 Å². The summed E-state index contributed by atoms with van der Waals surface area (Å²) in [7, 11) is -0.582. The Morgan fingerprint density at radius 3 is 2.70 bits per heavy atom. The molecule has 2 unspecified atom stereocenters. The van der Waals surface area contributed by atoms with Crippen molar-refractivity contribution in [2.45, 2.75) is 76.3 Å². The van der Waals surface area contributed by atoms with E-state index in [9.17, 15) is 14.6 Å². The molecule has 2 aromatic carbocycles. The van der Waals surface area contributed by atoms with Crippen LogP contribution in [-0.4, -0.2) is 93.5 Å². The fourth-order valence-electron chi connectivity index (χ4n) is 8.19. The molecule has 13 nitrogen and oxygen atoms in total. The third kappa shape index (κ3) is 7.68. The Bertz CT molecular complexity index is 2010. The van der Waals surface area contributed by atoms with E-state index in [-0.39, 0.29) is 52.7 Å². The minimum atomic E-state index is -2.68. The van der Waals surface area contributed by atoms with Gasteiger partial charge in [-0.1, -0.05) is 19.4 Å². The molecule has 0 aliphatic carbocycles. The molecule has 2 saturated heterocycles. The molecule has 4 aliphatic rings. The lowest BCUT2D eigenvalue weighted by atomic mass is 9.91. The SMILES string of the molecule is CCCC1(COc2nc3c4cnc(c(F)c4n2)-c2cc(OCOP(O)O)cc4ccc(F)c(c24)CCCOC(=O)NC2(C)CCCN3C2)CCCN1C. The number of hydrogen-bond acceptors (Lipinski definition) is 12. The first-order valence-corrected chi connectivity index (χ1v) is 19.2. The van der Waals surface area contributed by atoms with Crippen molar-refractivity contribution >= 4 is 42.2 Å². The zero-order valence-corrected chi connectivity index (χ0v) is 31.1. The number of rotatable bonds is 9. The predicted molar refractivity (Wildman–Crippen MR) is 196 cm³/mol. The number of halogens is 2. The number of nitrogens with one attached hydrogen (secondary N) is 1. The first kappa shape index (κ1) is 37.3. The van der Waals surface area contributed by atoms with Crippen molar-refractivity contribution in [1.82, 2.24) is 25.2 Å². The second-order valence-corrected chi connectivity index (χ2v) is 15.3. The number of amides is 1. The zero-order valence-electron chi connectivity index (χ0n) is 30.2. The summed E-state index contributed by atoms with van der Waals surface area (Å²) in [6.45, 7) is 5.84. The van der Waals surface area contributed by atoms with Gasteiger partial charge in [0.15, 0.2) is 12.6 Å². The van der Waals surface area contributed by atoms with Crippen LogP contribution in [0.2, 0.25) is 0 Å². The molecular weight excluding hydrogens is 709 g/mol. The zero-order chi connectivity index (χ0) is 37.3. The van der Waals surface area contributed by atoms with E-state index in [2.05, 4.69) is 34.2 Å². The number of pyridine rings is 1. The first-order valence-electron chi connectivity index (χ1n) is 18.1. The second kappa shape index (κ2) is 15.4. The number of hydrogen-bond donors (Lipinski definition) is 3. The van der Waals surface area contributed by atoms with Crippen molar-refractivity contribution in [2.24, 2.45) is 0 Å². The minimum Gasteiger partial charge on any atom is -0.467 e. The summed E-state index contributed by atoms with van der Waals surface area (Å²) < 4.78 is 55.5. The number of nitrogens with zero attached hydrogens (tertiary/aromatic N) is 5. The number of alkyl carbamates (subject to hydrolysis) is 1. The molecule has 6 bridgehead atoms.